The van der Waals surface area contributed by atoms with E-state index < -0.39 is 45.0 Å². The van der Waals surface area contributed by atoms with E-state index in [4.69, 9.17) is 4.74 Å². The van der Waals surface area contributed by atoms with E-state index in [0.717, 1.165) is 17.3 Å². The predicted molar refractivity (Wildman–Crippen MR) is 114 cm³/mol. The van der Waals surface area contributed by atoms with Crippen molar-refractivity contribution < 1.29 is 31.5 Å². The Morgan fingerprint density at radius 1 is 1.00 bits per heavy atom. The lowest BCUT2D eigenvalue weighted by Crippen LogP contribution is -2.31. The van der Waals surface area contributed by atoms with Crippen molar-refractivity contribution in [2.75, 3.05) is 39.2 Å². The van der Waals surface area contributed by atoms with E-state index in [-0.39, 0.29) is 13.0 Å². The number of anilines is 1. The number of amides is 1. The number of hydrogen-bond donors (Lipinski definition) is 1. The van der Waals surface area contributed by atoms with Gasteiger partial charge in [-0.3, -0.25) is 9.59 Å². The summed E-state index contributed by atoms with van der Waals surface area (Å²) in [5, 5.41) is 0. The van der Waals surface area contributed by atoms with E-state index >= 15 is 0 Å². The van der Waals surface area contributed by atoms with Gasteiger partial charge in [-0.2, -0.15) is 0 Å². The van der Waals surface area contributed by atoms with Crippen molar-refractivity contribution in [2.24, 2.45) is 0 Å². The molecule has 11 heteroatoms. The molecule has 8 nitrogen and oxygen atoms in total. The first kappa shape index (κ1) is 25.2. The molecule has 0 fully saturated rings. The van der Waals surface area contributed by atoms with Crippen LogP contribution in [0.3, 0.4) is 0 Å². The molecule has 0 saturated carbocycles. The van der Waals surface area contributed by atoms with E-state index in [2.05, 4.69) is 4.72 Å². The fourth-order valence-electron chi connectivity index (χ4n) is 2.60. The van der Waals surface area contributed by atoms with Crippen LogP contribution in [-0.4, -0.2) is 59.5 Å². The van der Waals surface area contributed by atoms with Crippen LogP contribution in [0.25, 0.3) is 0 Å². The summed E-state index contributed by atoms with van der Waals surface area (Å²) in [4.78, 5) is 26.9. The molecule has 0 aromatic heterocycles. The van der Waals surface area contributed by atoms with Crippen LogP contribution >= 0.6 is 0 Å². The van der Waals surface area contributed by atoms with Gasteiger partial charge in [0.05, 0.1) is 11.3 Å². The lowest BCUT2D eigenvalue weighted by molar-refractivity contribution is -0.151. The number of ether oxygens (including phenoxy) is 1. The average Bonchev–Trinajstić information content (AvgIpc) is 2.74. The molecule has 174 valence electrons. The van der Waals surface area contributed by atoms with Crippen LogP contribution in [0.5, 0.6) is 0 Å². The molecule has 2 aromatic rings. The van der Waals surface area contributed by atoms with E-state index in [1.165, 1.54) is 4.90 Å². The van der Waals surface area contributed by atoms with Crippen LogP contribution in [0, 0.1) is 11.6 Å². The maximum absolute atomic E-state index is 13.2. The van der Waals surface area contributed by atoms with Gasteiger partial charge >= 0.3 is 5.97 Å². The largest absolute Gasteiger partial charge is 0.456 e. The number of likely N-dealkylation sites (N-methyl/N-ethyl adjacent to an activating group) is 1. The highest BCUT2D eigenvalue weighted by atomic mass is 32.2. The Labute approximate surface area is 185 Å². The Hall–Kier alpha value is -3.05. The highest BCUT2D eigenvalue weighted by molar-refractivity contribution is 7.89. The van der Waals surface area contributed by atoms with Crippen molar-refractivity contribution in [1.29, 1.82) is 0 Å². The Kier molecular flexibility index (Phi) is 8.67. The summed E-state index contributed by atoms with van der Waals surface area (Å²) in [5.74, 6) is -3.68. The summed E-state index contributed by atoms with van der Waals surface area (Å²) in [6.07, 6.45) is -0.341. The molecule has 2 aromatic carbocycles. The molecule has 0 aliphatic heterocycles. The summed E-state index contributed by atoms with van der Waals surface area (Å²) in [7, 11) is 1.30. The van der Waals surface area contributed by atoms with Crippen LogP contribution < -0.4 is 9.62 Å². The van der Waals surface area contributed by atoms with E-state index in [1.807, 2.05) is 43.3 Å². The summed E-state index contributed by atoms with van der Waals surface area (Å²) in [6, 6.07) is 9.77. The first-order valence-electron chi connectivity index (χ1n) is 9.60. The molecule has 32 heavy (non-hydrogen) atoms. The molecule has 0 unspecified atom stereocenters. The molecule has 1 N–H and O–H groups in total. The van der Waals surface area contributed by atoms with Gasteiger partial charge in [0.2, 0.25) is 10.0 Å². The normalized spacial score (nSPS) is 11.2. The topological polar surface area (TPSA) is 96.0 Å². The molecule has 0 bridgehead atoms. The highest BCUT2D eigenvalue weighted by Gasteiger charge is 2.18. The number of benzene rings is 2. The number of halogens is 2. The van der Waals surface area contributed by atoms with Gasteiger partial charge in [0.15, 0.2) is 18.2 Å². The zero-order valence-electron chi connectivity index (χ0n) is 18.0. The number of hydrogen-bond acceptors (Lipinski definition) is 6. The summed E-state index contributed by atoms with van der Waals surface area (Å²) >= 11 is 0. The standard InChI is InChI=1S/C21H25F2N3O5S/c1-25(2)16-6-4-15(5-7-16)13-26(3)20(27)14-31-21(28)10-11-24-32(29,30)17-8-9-18(22)19(23)12-17/h4-9,12,24H,10-11,13-14H2,1-3H3. The van der Waals surface area contributed by atoms with Crippen LogP contribution in [0.2, 0.25) is 0 Å². The second-order valence-corrected chi connectivity index (χ2v) is 8.96. The fraction of sp³-hybridized carbons (Fsp3) is 0.333. The Morgan fingerprint density at radius 2 is 1.66 bits per heavy atom. The van der Waals surface area contributed by atoms with E-state index in [0.29, 0.717) is 18.7 Å². The molecule has 0 aliphatic carbocycles. The smallest absolute Gasteiger partial charge is 0.307 e. The molecular weight excluding hydrogens is 444 g/mol. The molecule has 0 saturated heterocycles. The minimum atomic E-state index is -4.13. The third-order valence-electron chi connectivity index (χ3n) is 4.48. The Morgan fingerprint density at radius 3 is 2.25 bits per heavy atom. The molecule has 0 aliphatic rings. The maximum atomic E-state index is 13.2. The van der Waals surface area contributed by atoms with E-state index in [1.54, 1.807) is 7.05 Å². The van der Waals surface area contributed by atoms with Gasteiger partial charge in [0.1, 0.15) is 0 Å². The highest BCUT2D eigenvalue weighted by Crippen LogP contribution is 2.14. The lowest BCUT2D eigenvalue weighted by Gasteiger charge is -2.18. The Bertz CT molecular complexity index is 1060. The second kappa shape index (κ2) is 11.0. The molecule has 0 atom stereocenters. The summed E-state index contributed by atoms with van der Waals surface area (Å²) in [6.45, 7) is -0.485. The van der Waals surface area contributed by atoms with E-state index in [9.17, 15) is 26.8 Å². The molecule has 0 radical (unpaired) electrons. The number of nitrogens with zero attached hydrogens (tertiary/aromatic N) is 2. The van der Waals surface area contributed by atoms with Crippen molar-refractivity contribution in [3.8, 4) is 0 Å². The van der Waals surface area contributed by atoms with Gasteiger partial charge in [-0.15, -0.1) is 0 Å². The maximum Gasteiger partial charge on any atom is 0.307 e. The number of carbonyl (C=O) groups is 2. The zero-order valence-corrected chi connectivity index (χ0v) is 18.8. The van der Waals surface area contributed by atoms with Gasteiger partial charge < -0.3 is 14.5 Å². The minimum absolute atomic E-state index is 0.331. The second-order valence-electron chi connectivity index (χ2n) is 7.20. The monoisotopic (exact) mass is 469 g/mol. The summed E-state index contributed by atoms with van der Waals surface area (Å²) < 4.78 is 57.2. The van der Waals surface area contributed by atoms with Crippen molar-refractivity contribution in [2.45, 2.75) is 17.9 Å². The Balaban J connectivity index is 1.75. The van der Waals surface area contributed by atoms with Crippen LogP contribution in [0.1, 0.15) is 12.0 Å². The first-order valence-corrected chi connectivity index (χ1v) is 11.1. The fourth-order valence-corrected chi connectivity index (χ4v) is 3.64. The molecule has 0 spiro atoms. The molecule has 2 rings (SSSR count). The van der Waals surface area contributed by atoms with Crippen LogP contribution in [-0.2, 0) is 30.9 Å². The van der Waals surface area contributed by atoms with Crippen molar-refractivity contribution in [3.05, 3.63) is 59.7 Å². The third-order valence-corrected chi connectivity index (χ3v) is 5.94. The van der Waals surface area contributed by atoms with Crippen LogP contribution in [0.15, 0.2) is 47.4 Å². The van der Waals surface area contributed by atoms with Gasteiger partial charge in [-0.05, 0) is 35.9 Å². The average molecular weight is 470 g/mol. The minimum Gasteiger partial charge on any atom is -0.456 e. The van der Waals surface area contributed by atoms with Gasteiger partial charge in [0.25, 0.3) is 5.91 Å². The number of nitrogens with one attached hydrogen (secondary N) is 1. The van der Waals surface area contributed by atoms with Gasteiger partial charge in [-0.1, -0.05) is 12.1 Å². The summed E-state index contributed by atoms with van der Waals surface area (Å²) in [5.41, 5.74) is 1.93. The first-order chi connectivity index (χ1) is 15.0. The number of rotatable bonds is 10. The van der Waals surface area contributed by atoms with Crippen molar-refractivity contribution >= 4 is 27.6 Å². The number of carbonyl (C=O) groups excluding carboxylic acids is 2. The quantitative estimate of drug-likeness (QED) is 0.534. The van der Waals surface area contributed by atoms with Crippen LogP contribution in [0.4, 0.5) is 14.5 Å². The SMILES string of the molecule is CN(Cc1ccc(N(C)C)cc1)C(=O)COC(=O)CCNS(=O)(=O)c1ccc(F)c(F)c1. The van der Waals surface area contributed by atoms with Crippen molar-refractivity contribution in [1.82, 2.24) is 9.62 Å². The molecule has 0 heterocycles. The third kappa shape index (κ3) is 7.27. The van der Waals surface area contributed by atoms with Gasteiger partial charge in [-0.25, -0.2) is 21.9 Å². The number of sulfonamides is 1. The predicted octanol–water partition coefficient (Wildman–Crippen LogP) is 1.90. The van der Waals surface area contributed by atoms with Gasteiger partial charge in [0, 0.05) is 39.9 Å². The lowest BCUT2D eigenvalue weighted by atomic mass is 10.2. The zero-order chi connectivity index (χ0) is 23.9. The molecular formula is C21H25F2N3O5S. The molecule has 1 amide bonds. The number of esters is 1. The van der Waals surface area contributed by atoms with Crippen molar-refractivity contribution in [3.63, 3.8) is 0 Å².